The molecule has 0 aromatic heterocycles. The van der Waals surface area contributed by atoms with E-state index in [4.69, 9.17) is 23.7 Å². The fourth-order valence-electron chi connectivity index (χ4n) is 5.14. The lowest BCUT2D eigenvalue weighted by atomic mass is 9.97. The summed E-state index contributed by atoms with van der Waals surface area (Å²) in [5, 5.41) is 0. The van der Waals surface area contributed by atoms with E-state index in [0.717, 1.165) is 33.6 Å². The van der Waals surface area contributed by atoms with Crippen molar-refractivity contribution < 1.29 is 23.7 Å². The summed E-state index contributed by atoms with van der Waals surface area (Å²) in [7, 11) is 0. The molecular weight excluding hydrogens is 536 g/mol. The molecule has 1 saturated heterocycles. The molecule has 0 saturated carbocycles. The van der Waals surface area contributed by atoms with Crippen LogP contribution in [0.1, 0.15) is 53.9 Å². The molecule has 1 heterocycles. The molecule has 1 aliphatic rings. The summed E-state index contributed by atoms with van der Waals surface area (Å²) >= 11 is 0. The summed E-state index contributed by atoms with van der Waals surface area (Å²) in [6, 6.07) is 44.4. The first-order chi connectivity index (χ1) is 21.0. The van der Waals surface area contributed by atoms with Crippen LogP contribution in [0.4, 0.5) is 0 Å². The van der Waals surface area contributed by atoms with Crippen LogP contribution in [0.2, 0.25) is 0 Å². The van der Waals surface area contributed by atoms with Gasteiger partial charge in [-0.3, -0.25) is 0 Å². The van der Waals surface area contributed by atoms with Gasteiger partial charge in [-0.05, 0) is 65.9 Å². The quantitative estimate of drug-likeness (QED) is 0.158. The molecule has 0 radical (unpaired) electrons. The summed E-state index contributed by atoms with van der Waals surface area (Å²) in [4.78, 5) is 0. The first kappa shape index (κ1) is 28.5. The maximum absolute atomic E-state index is 6.51. The van der Waals surface area contributed by atoms with E-state index in [1.807, 2.05) is 98.8 Å². The summed E-state index contributed by atoms with van der Waals surface area (Å²) < 4.78 is 31.5. The van der Waals surface area contributed by atoms with Gasteiger partial charge in [-0.15, -0.1) is 0 Å². The summed E-state index contributed by atoms with van der Waals surface area (Å²) in [6.45, 7) is 5.29. The van der Waals surface area contributed by atoms with Gasteiger partial charge in [-0.1, -0.05) is 103 Å². The molecule has 0 unspecified atom stereocenters. The van der Waals surface area contributed by atoms with Crippen molar-refractivity contribution in [2.24, 2.45) is 0 Å². The molecule has 5 aromatic carbocycles. The molecule has 218 valence electrons. The van der Waals surface area contributed by atoms with Gasteiger partial charge in [0.2, 0.25) is 0 Å². The summed E-state index contributed by atoms with van der Waals surface area (Å²) in [5.74, 6) is 1.51. The van der Waals surface area contributed by atoms with Crippen LogP contribution < -0.4 is 14.2 Å². The number of hydrogen-bond donors (Lipinski definition) is 0. The molecule has 2 atom stereocenters. The molecule has 0 N–H and O–H groups in total. The Morgan fingerprint density at radius 1 is 0.465 bits per heavy atom. The van der Waals surface area contributed by atoms with Gasteiger partial charge in [0.25, 0.3) is 0 Å². The molecule has 0 bridgehead atoms. The first-order valence-electron chi connectivity index (χ1n) is 14.6. The Balaban J connectivity index is 1.24. The van der Waals surface area contributed by atoms with Gasteiger partial charge in [0, 0.05) is 6.07 Å². The van der Waals surface area contributed by atoms with E-state index in [0.29, 0.717) is 31.3 Å². The van der Waals surface area contributed by atoms with Crippen LogP contribution in [-0.2, 0) is 29.3 Å². The second-order valence-electron chi connectivity index (χ2n) is 11.1. The fourth-order valence-corrected chi connectivity index (χ4v) is 5.14. The number of rotatable bonds is 11. The van der Waals surface area contributed by atoms with Crippen molar-refractivity contribution >= 4 is 0 Å². The highest BCUT2D eigenvalue weighted by atomic mass is 16.8. The Labute approximate surface area is 253 Å². The second kappa shape index (κ2) is 13.2. The van der Waals surface area contributed by atoms with Crippen LogP contribution in [-0.4, -0.2) is 5.79 Å². The third-order valence-corrected chi connectivity index (χ3v) is 7.28. The van der Waals surface area contributed by atoms with Crippen LogP contribution in [0, 0.1) is 0 Å². The lowest BCUT2D eigenvalue weighted by Gasteiger charge is -2.20. The monoisotopic (exact) mass is 572 g/mol. The zero-order valence-corrected chi connectivity index (χ0v) is 24.5. The molecule has 1 aliphatic heterocycles. The standard InChI is InChI=1S/C38H36O5/c1-38(2)42-36(31-20-18-30(19-21-31)27-39-33-16-10-5-11-17-33)37(43-38)32-22-34(40-25-28-12-6-3-7-13-28)24-35(23-32)41-26-29-14-8-4-9-15-29/h3-24,36-37H,25-27H2,1-2H3/t36-,37-/m1/s1. The predicted octanol–water partition coefficient (Wildman–Crippen LogP) is 8.99. The van der Waals surface area contributed by atoms with Crippen molar-refractivity contribution in [2.45, 2.75) is 51.7 Å². The Kier molecular flexibility index (Phi) is 8.73. The highest BCUT2D eigenvalue weighted by Gasteiger charge is 2.43. The molecule has 5 nitrogen and oxygen atoms in total. The van der Waals surface area contributed by atoms with Crippen LogP contribution in [0.5, 0.6) is 17.2 Å². The summed E-state index contributed by atoms with van der Waals surface area (Å²) in [5.41, 5.74) is 5.23. The minimum Gasteiger partial charge on any atom is -0.489 e. The molecule has 5 heteroatoms. The highest BCUT2D eigenvalue weighted by Crippen LogP contribution is 2.48. The van der Waals surface area contributed by atoms with E-state index in [1.54, 1.807) is 0 Å². The topological polar surface area (TPSA) is 46.2 Å². The van der Waals surface area contributed by atoms with Crippen LogP contribution >= 0.6 is 0 Å². The third kappa shape index (κ3) is 7.63. The van der Waals surface area contributed by atoms with Gasteiger partial charge >= 0.3 is 0 Å². The Morgan fingerprint density at radius 2 is 0.884 bits per heavy atom. The molecule has 43 heavy (non-hydrogen) atoms. The minimum absolute atomic E-state index is 0.314. The number of para-hydroxylation sites is 1. The average Bonchev–Trinajstić information content (AvgIpc) is 3.39. The first-order valence-corrected chi connectivity index (χ1v) is 14.6. The van der Waals surface area contributed by atoms with Crippen LogP contribution in [0.3, 0.4) is 0 Å². The zero-order valence-electron chi connectivity index (χ0n) is 24.5. The van der Waals surface area contributed by atoms with Gasteiger partial charge < -0.3 is 23.7 Å². The van der Waals surface area contributed by atoms with Crippen molar-refractivity contribution in [1.82, 2.24) is 0 Å². The molecular formula is C38H36O5. The molecule has 5 aromatic rings. The van der Waals surface area contributed by atoms with E-state index >= 15 is 0 Å². The van der Waals surface area contributed by atoms with Crippen molar-refractivity contribution in [3.63, 3.8) is 0 Å². The molecule has 0 amide bonds. The Morgan fingerprint density at radius 3 is 1.40 bits per heavy atom. The van der Waals surface area contributed by atoms with E-state index in [1.165, 1.54) is 0 Å². The maximum atomic E-state index is 6.51. The zero-order chi connectivity index (χ0) is 29.5. The van der Waals surface area contributed by atoms with E-state index < -0.39 is 5.79 Å². The van der Waals surface area contributed by atoms with Gasteiger partial charge in [-0.25, -0.2) is 0 Å². The van der Waals surface area contributed by atoms with Crippen LogP contribution in [0.15, 0.2) is 133 Å². The molecule has 0 spiro atoms. The smallest absolute Gasteiger partial charge is 0.164 e. The molecule has 0 aliphatic carbocycles. The van der Waals surface area contributed by atoms with Gasteiger partial charge in [-0.2, -0.15) is 0 Å². The Hall–Kier alpha value is -4.58. The van der Waals surface area contributed by atoms with Gasteiger partial charge in [0.15, 0.2) is 5.79 Å². The van der Waals surface area contributed by atoms with E-state index in [9.17, 15) is 0 Å². The Bertz CT molecular complexity index is 1520. The second-order valence-corrected chi connectivity index (χ2v) is 11.1. The minimum atomic E-state index is -0.767. The number of ether oxygens (including phenoxy) is 5. The SMILES string of the molecule is CC1(C)O[C@H](c2ccc(COc3ccccc3)cc2)[C@@H](c2cc(OCc3ccccc3)cc(OCc3ccccc3)c2)O1. The number of hydrogen-bond acceptors (Lipinski definition) is 5. The average molecular weight is 573 g/mol. The van der Waals surface area contributed by atoms with Crippen LogP contribution in [0.25, 0.3) is 0 Å². The fraction of sp³-hybridized carbons (Fsp3) is 0.211. The summed E-state index contributed by atoms with van der Waals surface area (Å²) in [6.07, 6.45) is -0.675. The third-order valence-electron chi connectivity index (χ3n) is 7.28. The van der Waals surface area contributed by atoms with Gasteiger partial charge in [0.05, 0.1) is 0 Å². The van der Waals surface area contributed by atoms with Crippen molar-refractivity contribution in [2.75, 3.05) is 0 Å². The van der Waals surface area contributed by atoms with Crippen molar-refractivity contribution in [3.05, 3.63) is 161 Å². The normalized spacial score (nSPS) is 17.3. The van der Waals surface area contributed by atoms with Gasteiger partial charge in [0.1, 0.15) is 49.3 Å². The predicted molar refractivity (Wildman–Crippen MR) is 167 cm³/mol. The van der Waals surface area contributed by atoms with E-state index in [2.05, 4.69) is 48.5 Å². The lowest BCUT2D eigenvalue weighted by Crippen LogP contribution is -2.20. The largest absolute Gasteiger partial charge is 0.489 e. The molecule has 6 rings (SSSR count). The molecule has 1 fully saturated rings. The number of benzene rings is 5. The van der Waals surface area contributed by atoms with Crippen molar-refractivity contribution in [1.29, 1.82) is 0 Å². The highest BCUT2D eigenvalue weighted by molar-refractivity contribution is 5.41. The maximum Gasteiger partial charge on any atom is 0.164 e. The van der Waals surface area contributed by atoms with E-state index in [-0.39, 0.29) is 12.2 Å². The van der Waals surface area contributed by atoms with Crippen molar-refractivity contribution in [3.8, 4) is 17.2 Å². The lowest BCUT2D eigenvalue weighted by molar-refractivity contribution is -0.147.